The lowest BCUT2D eigenvalue weighted by molar-refractivity contribution is -0.119. The summed E-state index contributed by atoms with van der Waals surface area (Å²) >= 11 is 7.61. The van der Waals surface area contributed by atoms with E-state index in [1.54, 1.807) is 6.07 Å². The van der Waals surface area contributed by atoms with E-state index in [1.165, 1.54) is 11.8 Å². The molecule has 1 heterocycles. The number of carbonyl (C=O) groups is 1. The lowest BCUT2D eigenvalue weighted by atomic mass is 10.0. The fourth-order valence-corrected chi connectivity index (χ4v) is 4.60. The molecule has 4 rings (SSSR count). The Morgan fingerprint density at radius 3 is 2.66 bits per heavy atom. The summed E-state index contributed by atoms with van der Waals surface area (Å²) in [7, 11) is 0. The van der Waals surface area contributed by atoms with Gasteiger partial charge < -0.3 is 10.1 Å². The summed E-state index contributed by atoms with van der Waals surface area (Å²) in [5.41, 5.74) is 1.13. The van der Waals surface area contributed by atoms with Gasteiger partial charge in [-0.3, -0.25) is 9.36 Å². The van der Waals surface area contributed by atoms with Crippen molar-refractivity contribution in [1.82, 2.24) is 20.1 Å². The van der Waals surface area contributed by atoms with Crippen molar-refractivity contribution in [2.45, 2.75) is 56.5 Å². The zero-order valence-electron chi connectivity index (χ0n) is 18.0. The number of thioether (sulfide) groups is 1. The van der Waals surface area contributed by atoms with Crippen molar-refractivity contribution in [3.63, 3.8) is 0 Å². The third kappa shape index (κ3) is 5.84. The van der Waals surface area contributed by atoms with Crippen molar-refractivity contribution in [2.75, 3.05) is 5.75 Å². The molecular formula is C24H27ClN4O2S. The van der Waals surface area contributed by atoms with Gasteiger partial charge in [-0.15, -0.1) is 10.2 Å². The molecular weight excluding hydrogens is 444 g/mol. The van der Waals surface area contributed by atoms with Crippen LogP contribution >= 0.6 is 23.4 Å². The van der Waals surface area contributed by atoms with Crippen molar-refractivity contribution in [2.24, 2.45) is 0 Å². The standard InChI is InChI=1S/C24H27ClN4O2S/c1-2-8-20(17-9-4-3-5-10-17)26-23(30)16-32-24-28-27-22(29(24)18-13-14-18)15-31-21-12-7-6-11-19(21)25/h3-7,9-12,18,20H,2,8,13-16H2,1H3,(H,26,30). The van der Waals surface area contributed by atoms with Crippen LogP contribution in [0.15, 0.2) is 59.8 Å². The Bertz CT molecular complexity index is 1040. The molecule has 1 atom stereocenters. The number of rotatable bonds is 11. The highest BCUT2D eigenvalue weighted by Crippen LogP contribution is 2.39. The first-order chi connectivity index (χ1) is 15.7. The molecule has 6 nitrogen and oxygen atoms in total. The largest absolute Gasteiger partial charge is 0.484 e. The minimum Gasteiger partial charge on any atom is -0.484 e. The molecule has 1 aromatic heterocycles. The van der Waals surface area contributed by atoms with E-state index < -0.39 is 0 Å². The summed E-state index contributed by atoms with van der Waals surface area (Å²) in [6, 6.07) is 17.9. The van der Waals surface area contributed by atoms with E-state index in [1.807, 2.05) is 36.4 Å². The quantitative estimate of drug-likeness (QED) is 0.369. The summed E-state index contributed by atoms with van der Waals surface area (Å²) < 4.78 is 7.97. The Morgan fingerprint density at radius 1 is 1.19 bits per heavy atom. The minimum atomic E-state index is -0.00322. The number of para-hydroxylation sites is 1. The molecule has 0 saturated heterocycles. The first-order valence-corrected chi connectivity index (χ1v) is 12.3. The third-order valence-electron chi connectivity index (χ3n) is 5.29. The van der Waals surface area contributed by atoms with Gasteiger partial charge in [-0.2, -0.15) is 0 Å². The van der Waals surface area contributed by atoms with Crippen LogP contribution < -0.4 is 10.1 Å². The predicted octanol–water partition coefficient (Wildman–Crippen LogP) is 5.60. The van der Waals surface area contributed by atoms with Gasteiger partial charge in [-0.05, 0) is 37.0 Å². The van der Waals surface area contributed by atoms with Crippen LogP contribution in [-0.4, -0.2) is 26.4 Å². The van der Waals surface area contributed by atoms with E-state index in [9.17, 15) is 4.79 Å². The Morgan fingerprint density at radius 2 is 1.94 bits per heavy atom. The van der Waals surface area contributed by atoms with E-state index in [-0.39, 0.29) is 18.6 Å². The molecule has 1 unspecified atom stereocenters. The maximum atomic E-state index is 12.7. The number of hydrogen-bond donors (Lipinski definition) is 1. The molecule has 1 aliphatic rings. The van der Waals surface area contributed by atoms with Crippen LogP contribution in [0.3, 0.4) is 0 Å². The van der Waals surface area contributed by atoms with Crippen molar-refractivity contribution in [3.8, 4) is 5.75 Å². The predicted molar refractivity (Wildman–Crippen MR) is 127 cm³/mol. The number of benzene rings is 2. The summed E-state index contributed by atoms with van der Waals surface area (Å²) in [6.07, 6.45) is 4.08. The van der Waals surface area contributed by atoms with Gasteiger partial charge in [-0.1, -0.05) is 79.2 Å². The van der Waals surface area contributed by atoms with E-state index in [2.05, 4.69) is 39.1 Å². The van der Waals surface area contributed by atoms with Crippen molar-refractivity contribution >= 4 is 29.3 Å². The molecule has 3 aromatic rings. The number of halogens is 1. The fraction of sp³-hybridized carbons (Fsp3) is 0.375. The number of hydrogen-bond acceptors (Lipinski definition) is 5. The zero-order valence-corrected chi connectivity index (χ0v) is 19.6. The normalized spacial score (nSPS) is 14.2. The lowest BCUT2D eigenvalue weighted by Gasteiger charge is -2.18. The van der Waals surface area contributed by atoms with E-state index in [0.717, 1.165) is 42.2 Å². The molecule has 1 aliphatic carbocycles. The molecule has 0 radical (unpaired) electrons. The van der Waals surface area contributed by atoms with Crippen LogP contribution in [0.5, 0.6) is 5.75 Å². The average molecular weight is 471 g/mol. The molecule has 1 amide bonds. The van der Waals surface area contributed by atoms with Crippen LogP contribution in [0.2, 0.25) is 5.02 Å². The Kier molecular flexibility index (Phi) is 7.71. The topological polar surface area (TPSA) is 69.0 Å². The van der Waals surface area contributed by atoms with E-state index in [0.29, 0.717) is 22.6 Å². The Hall–Kier alpha value is -2.51. The molecule has 8 heteroatoms. The number of nitrogens with zero attached hydrogens (tertiary/aromatic N) is 3. The van der Waals surface area contributed by atoms with Gasteiger partial charge in [-0.25, -0.2) is 0 Å². The molecule has 1 fully saturated rings. The van der Waals surface area contributed by atoms with Gasteiger partial charge in [0.2, 0.25) is 5.91 Å². The minimum absolute atomic E-state index is 0.00322. The second kappa shape index (κ2) is 10.9. The van der Waals surface area contributed by atoms with E-state index in [4.69, 9.17) is 16.3 Å². The van der Waals surface area contributed by atoms with Gasteiger partial charge in [0, 0.05) is 6.04 Å². The van der Waals surface area contributed by atoms with Crippen LogP contribution in [0, 0.1) is 0 Å². The SMILES string of the molecule is CCCC(NC(=O)CSc1nnc(COc2ccccc2Cl)n1C1CC1)c1ccccc1. The highest BCUT2D eigenvalue weighted by atomic mass is 35.5. The van der Waals surface area contributed by atoms with Crippen molar-refractivity contribution < 1.29 is 9.53 Å². The Labute approximate surface area is 197 Å². The van der Waals surface area contributed by atoms with Gasteiger partial charge >= 0.3 is 0 Å². The van der Waals surface area contributed by atoms with Crippen molar-refractivity contribution in [1.29, 1.82) is 0 Å². The van der Waals surface area contributed by atoms with Crippen LogP contribution in [0.4, 0.5) is 0 Å². The number of nitrogens with one attached hydrogen (secondary N) is 1. The third-order valence-corrected chi connectivity index (χ3v) is 6.54. The first kappa shape index (κ1) is 22.7. The number of aromatic nitrogens is 3. The number of amides is 1. The lowest BCUT2D eigenvalue weighted by Crippen LogP contribution is -2.30. The van der Waals surface area contributed by atoms with Gasteiger partial charge in [0.15, 0.2) is 11.0 Å². The number of carbonyl (C=O) groups excluding carboxylic acids is 1. The fourth-order valence-electron chi connectivity index (χ4n) is 3.57. The maximum absolute atomic E-state index is 12.7. The van der Waals surface area contributed by atoms with Gasteiger partial charge in [0.05, 0.1) is 16.8 Å². The molecule has 1 saturated carbocycles. The smallest absolute Gasteiger partial charge is 0.230 e. The summed E-state index contributed by atoms with van der Waals surface area (Å²) in [5, 5.41) is 13.2. The molecule has 1 N–H and O–H groups in total. The molecule has 32 heavy (non-hydrogen) atoms. The number of ether oxygens (including phenoxy) is 1. The van der Waals surface area contributed by atoms with Crippen LogP contribution in [0.1, 0.15) is 56.1 Å². The maximum Gasteiger partial charge on any atom is 0.230 e. The summed E-state index contributed by atoms with van der Waals surface area (Å²) in [6.45, 7) is 2.41. The first-order valence-electron chi connectivity index (χ1n) is 10.9. The van der Waals surface area contributed by atoms with Gasteiger partial charge in [0.1, 0.15) is 12.4 Å². The highest BCUT2D eigenvalue weighted by molar-refractivity contribution is 7.99. The molecule has 168 valence electrons. The molecule has 0 spiro atoms. The molecule has 0 aliphatic heterocycles. The zero-order chi connectivity index (χ0) is 22.3. The second-order valence-corrected chi connectivity index (χ2v) is 9.18. The van der Waals surface area contributed by atoms with Crippen molar-refractivity contribution in [3.05, 3.63) is 71.0 Å². The molecule has 0 bridgehead atoms. The monoisotopic (exact) mass is 470 g/mol. The Balaban J connectivity index is 1.38. The van der Waals surface area contributed by atoms with E-state index >= 15 is 0 Å². The van der Waals surface area contributed by atoms with Crippen LogP contribution in [-0.2, 0) is 11.4 Å². The van der Waals surface area contributed by atoms with Crippen LogP contribution in [0.25, 0.3) is 0 Å². The summed E-state index contributed by atoms with van der Waals surface area (Å²) in [4.78, 5) is 12.7. The molecule has 2 aromatic carbocycles. The summed E-state index contributed by atoms with van der Waals surface area (Å²) in [5.74, 6) is 1.67. The average Bonchev–Trinajstić information content (AvgIpc) is 3.57. The second-order valence-electron chi connectivity index (χ2n) is 7.83. The van der Waals surface area contributed by atoms with Gasteiger partial charge in [0.25, 0.3) is 0 Å². The highest BCUT2D eigenvalue weighted by Gasteiger charge is 2.30.